The zero-order valence-corrected chi connectivity index (χ0v) is 10.8. The first-order valence-electron chi connectivity index (χ1n) is 5.16. The SMILES string of the molecule is CC(C)(C)OC(=O)Nc1cc(CCl)ccc1F. The van der Waals surface area contributed by atoms with Crippen molar-refractivity contribution in [3.05, 3.63) is 29.6 Å². The van der Waals surface area contributed by atoms with Gasteiger partial charge in [0.25, 0.3) is 0 Å². The Kier molecular flexibility index (Phi) is 4.34. The van der Waals surface area contributed by atoms with E-state index in [0.717, 1.165) is 5.56 Å². The van der Waals surface area contributed by atoms with E-state index in [9.17, 15) is 9.18 Å². The summed E-state index contributed by atoms with van der Waals surface area (Å²) in [7, 11) is 0. The molecule has 0 spiro atoms. The lowest BCUT2D eigenvalue weighted by Gasteiger charge is -2.19. The molecular weight excluding hydrogens is 245 g/mol. The van der Waals surface area contributed by atoms with Gasteiger partial charge >= 0.3 is 6.09 Å². The van der Waals surface area contributed by atoms with Crippen LogP contribution in [0.25, 0.3) is 0 Å². The predicted octanol–water partition coefficient (Wildman–Crippen LogP) is 3.91. The van der Waals surface area contributed by atoms with Gasteiger partial charge in [0.15, 0.2) is 0 Å². The van der Waals surface area contributed by atoms with Crippen LogP contribution in [0.3, 0.4) is 0 Å². The number of benzene rings is 1. The zero-order valence-electron chi connectivity index (χ0n) is 10.0. The zero-order chi connectivity index (χ0) is 13.1. The molecule has 1 aromatic carbocycles. The van der Waals surface area contributed by atoms with Crippen molar-refractivity contribution in [2.24, 2.45) is 0 Å². The lowest BCUT2D eigenvalue weighted by Crippen LogP contribution is -2.27. The maximum atomic E-state index is 13.4. The van der Waals surface area contributed by atoms with Crippen LogP contribution in [0.4, 0.5) is 14.9 Å². The number of carbonyl (C=O) groups is 1. The molecule has 0 fully saturated rings. The molecule has 0 aliphatic heterocycles. The predicted molar refractivity (Wildman–Crippen MR) is 65.8 cm³/mol. The lowest BCUT2D eigenvalue weighted by molar-refractivity contribution is 0.0635. The number of nitrogens with one attached hydrogen (secondary N) is 1. The van der Waals surface area contributed by atoms with Crippen molar-refractivity contribution < 1.29 is 13.9 Å². The number of ether oxygens (including phenoxy) is 1. The summed E-state index contributed by atoms with van der Waals surface area (Å²) in [4.78, 5) is 11.4. The molecule has 1 rings (SSSR count). The fourth-order valence-electron chi connectivity index (χ4n) is 1.16. The van der Waals surface area contributed by atoms with Crippen LogP contribution in [0.2, 0.25) is 0 Å². The summed E-state index contributed by atoms with van der Waals surface area (Å²) in [6.07, 6.45) is -0.692. The maximum absolute atomic E-state index is 13.4. The van der Waals surface area contributed by atoms with Crippen molar-refractivity contribution in [2.75, 3.05) is 5.32 Å². The van der Waals surface area contributed by atoms with Gasteiger partial charge in [0, 0.05) is 5.88 Å². The van der Waals surface area contributed by atoms with Gasteiger partial charge in [-0.2, -0.15) is 0 Å². The van der Waals surface area contributed by atoms with E-state index in [1.807, 2.05) is 0 Å². The Labute approximate surface area is 105 Å². The number of rotatable bonds is 2. The minimum Gasteiger partial charge on any atom is -0.444 e. The molecule has 0 radical (unpaired) electrons. The molecular formula is C12H15ClFNO2. The molecule has 1 N–H and O–H groups in total. The highest BCUT2D eigenvalue weighted by Gasteiger charge is 2.17. The monoisotopic (exact) mass is 259 g/mol. The van der Waals surface area contributed by atoms with Crippen molar-refractivity contribution in [1.29, 1.82) is 0 Å². The Morgan fingerprint density at radius 3 is 2.65 bits per heavy atom. The molecule has 1 amide bonds. The smallest absolute Gasteiger partial charge is 0.412 e. The highest BCUT2D eigenvalue weighted by atomic mass is 35.5. The first-order chi connectivity index (χ1) is 7.81. The molecule has 0 aromatic heterocycles. The normalized spacial score (nSPS) is 11.1. The fraction of sp³-hybridized carbons (Fsp3) is 0.417. The first-order valence-corrected chi connectivity index (χ1v) is 5.69. The van der Waals surface area contributed by atoms with E-state index < -0.39 is 17.5 Å². The number of hydrogen-bond acceptors (Lipinski definition) is 2. The molecule has 94 valence electrons. The second kappa shape index (κ2) is 5.36. The third-order valence-corrected chi connectivity index (χ3v) is 2.13. The van der Waals surface area contributed by atoms with Gasteiger partial charge in [-0.3, -0.25) is 5.32 Å². The largest absolute Gasteiger partial charge is 0.444 e. The van der Waals surface area contributed by atoms with Gasteiger partial charge in [0.1, 0.15) is 11.4 Å². The number of carbonyl (C=O) groups excluding carboxylic acids is 1. The van der Waals surface area contributed by atoms with E-state index in [4.69, 9.17) is 16.3 Å². The molecule has 5 heteroatoms. The summed E-state index contributed by atoms with van der Waals surface area (Å²) in [5, 5.41) is 2.35. The summed E-state index contributed by atoms with van der Waals surface area (Å²) in [6.45, 7) is 5.20. The van der Waals surface area contributed by atoms with E-state index in [0.29, 0.717) is 0 Å². The van der Waals surface area contributed by atoms with E-state index in [1.54, 1.807) is 26.8 Å². The summed E-state index contributed by atoms with van der Waals surface area (Å²) < 4.78 is 18.4. The highest BCUT2D eigenvalue weighted by Crippen LogP contribution is 2.18. The van der Waals surface area contributed by atoms with Gasteiger partial charge < -0.3 is 4.74 Å². The fourth-order valence-corrected chi connectivity index (χ4v) is 1.33. The van der Waals surface area contributed by atoms with E-state index >= 15 is 0 Å². The van der Waals surface area contributed by atoms with Crippen molar-refractivity contribution in [2.45, 2.75) is 32.3 Å². The van der Waals surface area contributed by atoms with Gasteiger partial charge in [-0.15, -0.1) is 11.6 Å². The Bertz CT molecular complexity index is 415. The number of amides is 1. The van der Waals surface area contributed by atoms with E-state index in [2.05, 4.69) is 5.32 Å². The summed E-state index contributed by atoms with van der Waals surface area (Å²) >= 11 is 5.63. The Balaban J connectivity index is 2.77. The van der Waals surface area contributed by atoms with Crippen LogP contribution < -0.4 is 5.32 Å². The topological polar surface area (TPSA) is 38.3 Å². The minimum atomic E-state index is -0.692. The molecule has 0 saturated heterocycles. The van der Waals surface area contributed by atoms with Crippen molar-refractivity contribution in [3.63, 3.8) is 0 Å². The first kappa shape index (κ1) is 13.8. The summed E-state index contributed by atoms with van der Waals surface area (Å²) in [6, 6.07) is 4.29. The lowest BCUT2D eigenvalue weighted by atomic mass is 10.2. The third kappa shape index (κ3) is 4.61. The van der Waals surface area contributed by atoms with Crippen LogP contribution >= 0.6 is 11.6 Å². The summed E-state index contributed by atoms with van der Waals surface area (Å²) in [5.41, 5.74) is 0.168. The second-order valence-corrected chi connectivity index (χ2v) is 4.84. The highest BCUT2D eigenvalue weighted by molar-refractivity contribution is 6.17. The molecule has 0 aliphatic carbocycles. The molecule has 1 aromatic rings. The van der Waals surface area contributed by atoms with Crippen LogP contribution in [0.15, 0.2) is 18.2 Å². The number of anilines is 1. The van der Waals surface area contributed by atoms with Crippen LogP contribution in [0.5, 0.6) is 0 Å². The van der Waals surface area contributed by atoms with E-state index in [-0.39, 0.29) is 11.6 Å². The average molecular weight is 260 g/mol. The molecule has 0 atom stereocenters. The molecule has 0 unspecified atom stereocenters. The molecule has 17 heavy (non-hydrogen) atoms. The number of halogens is 2. The van der Waals surface area contributed by atoms with Gasteiger partial charge in [0.2, 0.25) is 0 Å². The quantitative estimate of drug-likeness (QED) is 0.818. The van der Waals surface area contributed by atoms with E-state index in [1.165, 1.54) is 12.1 Å². The Morgan fingerprint density at radius 2 is 2.12 bits per heavy atom. The van der Waals surface area contributed by atoms with Crippen LogP contribution in [-0.2, 0) is 10.6 Å². The van der Waals surface area contributed by atoms with Crippen molar-refractivity contribution in [3.8, 4) is 0 Å². The second-order valence-electron chi connectivity index (χ2n) is 4.57. The van der Waals surface area contributed by atoms with Crippen LogP contribution in [0, 0.1) is 5.82 Å². The van der Waals surface area contributed by atoms with Gasteiger partial charge in [-0.05, 0) is 38.5 Å². The van der Waals surface area contributed by atoms with Gasteiger partial charge in [0.05, 0.1) is 5.69 Å². The summed E-state index contributed by atoms with van der Waals surface area (Å²) in [5.74, 6) is -0.270. The van der Waals surface area contributed by atoms with Crippen LogP contribution in [0.1, 0.15) is 26.3 Å². The Hall–Kier alpha value is -1.29. The molecule has 0 aliphatic rings. The Morgan fingerprint density at radius 1 is 1.47 bits per heavy atom. The van der Waals surface area contributed by atoms with Crippen molar-refractivity contribution in [1.82, 2.24) is 0 Å². The molecule has 3 nitrogen and oxygen atoms in total. The molecule has 0 heterocycles. The minimum absolute atomic E-state index is 0.0670. The van der Waals surface area contributed by atoms with Gasteiger partial charge in [-0.25, -0.2) is 9.18 Å². The number of alkyl halides is 1. The standard InChI is InChI=1S/C12H15ClFNO2/c1-12(2,3)17-11(16)15-10-6-8(7-13)4-5-9(10)14/h4-6H,7H2,1-3H3,(H,15,16). The van der Waals surface area contributed by atoms with Gasteiger partial charge in [-0.1, -0.05) is 6.07 Å². The molecule has 0 bridgehead atoms. The van der Waals surface area contributed by atoms with Crippen molar-refractivity contribution >= 4 is 23.4 Å². The average Bonchev–Trinajstić information content (AvgIpc) is 2.18. The maximum Gasteiger partial charge on any atom is 0.412 e. The molecule has 0 saturated carbocycles. The van der Waals surface area contributed by atoms with Crippen LogP contribution in [-0.4, -0.2) is 11.7 Å². The number of hydrogen-bond donors (Lipinski definition) is 1. The third-order valence-electron chi connectivity index (χ3n) is 1.82.